The maximum atomic E-state index is 12.5. The van der Waals surface area contributed by atoms with Gasteiger partial charge in [0.15, 0.2) is 5.82 Å². The summed E-state index contributed by atoms with van der Waals surface area (Å²) in [6.07, 6.45) is 4.20. The van der Waals surface area contributed by atoms with Gasteiger partial charge in [-0.05, 0) is 42.2 Å². The van der Waals surface area contributed by atoms with E-state index in [4.69, 9.17) is 4.98 Å². The zero-order chi connectivity index (χ0) is 28.2. The standard InChI is InChI=1S/C29H32N8O3S/c38-28(24-4-2-1-3-5-24)35-41(39,40)20-22-8-6-21(7-9-22)19-36-14-16-37(17-15-36)29-30-13-12-26(32-29)31-27-18-25(33-34-27)23-10-11-23/h1-9,12-13,18,23H,10-11,14-17,19-20H2,(H,35,38)(H2,30,31,32,33,34). The van der Waals surface area contributed by atoms with Gasteiger partial charge >= 0.3 is 0 Å². The highest BCUT2D eigenvalue weighted by atomic mass is 32.2. The van der Waals surface area contributed by atoms with E-state index in [2.05, 4.69) is 35.0 Å². The number of nitrogens with zero attached hydrogens (tertiary/aromatic N) is 5. The summed E-state index contributed by atoms with van der Waals surface area (Å²) < 4.78 is 27.2. The van der Waals surface area contributed by atoms with Crippen molar-refractivity contribution in [1.29, 1.82) is 0 Å². The second kappa shape index (κ2) is 11.7. The highest BCUT2D eigenvalue weighted by molar-refractivity contribution is 7.89. The molecular weight excluding hydrogens is 540 g/mol. The first-order valence-electron chi connectivity index (χ1n) is 13.7. The van der Waals surface area contributed by atoms with Crippen molar-refractivity contribution < 1.29 is 13.2 Å². The van der Waals surface area contributed by atoms with Crippen molar-refractivity contribution in [2.75, 3.05) is 36.4 Å². The summed E-state index contributed by atoms with van der Waals surface area (Å²) in [7, 11) is -3.81. The lowest BCUT2D eigenvalue weighted by Gasteiger charge is -2.34. The van der Waals surface area contributed by atoms with Gasteiger partial charge in [-0.2, -0.15) is 10.1 Å². The van der Waals surface area contributed by atoms with Crippen molar-refractivity contribution in [1.82, 2.24) is 29.8 Å². The molecule has 0 radical (unpaired) electrons. The normalized spacial score (nSPS) is 16.0. The fraction of sp³-hybridized carbons (Fsp3) is 0.310. The number of amides is 1. The number of H-pyrrole nitrogens is 1. The van der Waals surface area contributed by atoms with Crippen LogP contribution in [0.25, 0.3) is 0 Å². The molecule has 3 heterocycles. The molecule has 11 nitrogen and oxygen atoms in total. The lowest BCUT2D eigenvalue weighted by molar-refractivity contribution is 0.0981. The third-order valence-corrected chi connectivity index (χ3v) is 8.45. The van der Waals surface area contributed by atoms with Crippen LogP contribution in [0.4, 0.5) is 17.6 Å². The molecule has 4 aromatic rings. The van der Waals surface area contributed by atoms with Crippen molar-refractivity contribution >= 4 is 33.5 Å². The minimum Gasteiger partial charge on any atom is -0.338 e. The number of benzene rings is 2. The van der Waals surface area contributed by atoms with Gasteiger partial charge < -0.3 is 10.2 Å². The molecule has 3 N–H and O–H groups in total. The Balaban J connectivity index is 0.982. The monoisotopic (exact) mass is 572 g/mol. The average Bonchev–Trinajstić information content (AvgIpc) is 3.73. The first-order chi connectivity index (χ1) is 19.9. The summed E-state index contributed by atoms with van der Waals surface area (Å²) in [4.78, 5) is 26.0. The number of piperazine rings is 1. The van der Waals surface area contributed by atoms with E-state index in [1.54, 1.807) is 48.7 Å². The number of anilines is 3. The van der Waals surface area contributed by atoms with Gasteiger partial charge in [0.05, 0.1) is 5.75 Å². The predicted octanol–water partition coefficient (Wildman–Crippen LogP) is 3.40. The Bertz CT molecular complexity index is 1600. The van der Waals surface area contributed by atoms with E-state index < -0.39 is 15.9 Å². The molecular formula is C29H32N8O3S. The van der Waals surface area contributed by atoms with Gasteiger partial charge in [0.2, 0.25) is 16.0 Å². The summed E-state index contributed by atoms with van der Waals surface area (Å²) >= 11 is 0. The second-order valence-corrected chi connectivity index (χ2v) is 12.2. The van der Waals surface area contributed by atoms with Crippen molar-refractivity contribution in [2.45, 2.75) is 31.1 Å². The second-order valence-electron chi connectivity index (χ2n) is 10.5. The van der Waals surface area contributed by atoms with Crippen LogP contribution in [-0.2, 0) is 22.3 Å². The van der Waals surface area contributed by atoms with Crippen LogP contribution in [0.5, 0.6) is 0 Å². The number of rotatable bonds is 10. The SMILES string of the molecule is O=C(NS(=O)(=O)Cc1ccc(CN2CCN(c3nccc(Nc4cc(C5CC5)[nH]n4)n3)CC2)cc1)c1ccccc1. The predicted molar refractivity (Wildman–Crippen MR) is 156 cm³/mol. The zero-order valence-corrected chi connectivity index (χ0v) is 23.3. The molecule has 1 saturated carbocycles. The third kappa shape index (κ3) is 7.08. The van der Waals surface area contributed by atoms with Crippen LogP contribution >= 0.6 is 0 Å². The fourth-order valence-corrected chi connectivity index (χ4v) is 5.96. The van der Waals surface area contributed by atoms with Crippen molar-refractivity contribution in [2.24, 2.45) is 0 Å². The average molecular weight is 573 g/mol. The first kappa shape index (κ1) is 26.9. The van der Waals surface area contributed by atoms with Gasteiger partial charge in [-0.25, -0.2) is 18.1 Å². The highest BCUT2D eigenvalue weighted by Gasteiger charge is 2.26. The molecule has 0 unspecified atom stereocenters. The van der Waals surface area contributed by atoms with Crippen LogP contribution < -0.4 is 14.9 Å². The fourth-order valence-electron chi connectivity index (χ4n) is 4.86. The third-order valence-electron chi connectivity index (χ3n) is 7.24. The summed E-state index contributed by atoms with van der Waals surface area (Å²) in [5.74, 6) is 1.89. The van der Waals surface area contributed by atoms with Gasteiger partial charge in [-0.3, -0.25) is 14.8 Å². The van der Waals surface area contributed by atoms with Gasteiger partial charge in [-0.15, -0.1) is 0 Å². The van der Waals surface area contributed by atoms with E-state index in [1.165, 1.54) is 18.5 Å². The van der Waals surface area contributed by atoms with Crippen LogP contribution in [0.3, 0.4) is 0 Å². The number of sulfonamides is 1. The van der Waals surface area contributed by atoms with Crippen LogP contribution in [0.2, 0.25) is 0 Å². The molecule has 0 spiro atoms. The molecule has 1 aliphatic heterocycles. The molecule has 0 atom stereocenters. The largest absolute Gasteiger partial charge is 0.338 e. The number of hydrogen-bond acceptors (Lipinski definition) is 9. The Kier molecular flexibility index (Phi) is 7.66. The lowest BCUT2D eigenvalue weighted by Crippen LogP contribution is -2.46. The number of nitrogens with one attached hydrogen (secondary N) is 3. The molecule has 2 aromatic heterocycles. The number of aromatic amines is 1. The molecule has 1 aliphatic carbocycles. The van der Waals surface area contributed by atoms with Gasteiger partial charge in [-0.1, -0.05) is 42.5 Å². The molecule has 6 rings (SSSR count). The molecule has 12 heteroatoms. The summed E-state index contributed by atoms with van der Waals surface area (Å²) in [6, 6.07) is 19.7. The van der Waals surface area contributed by atoms with Crippen molar-refractivity contribution in [3.05, 3.63) is 95.3 Å². The van der Waals surface area contributed by atoms with E-state index in [9.17, 15) is 13.2 Å². The minimum absolute atomic E-state index is 0.264. The Morgan fingerprint density at radius 3 is 2.39 bits per heavy atom. The van der Waals surface area contributed by atoms with Gasteiger partial charge in [0, 0.05) is 62.2 Å². The molecule has 41 heavy (non-hydrogen) atoms. The molecule has 212 valence electrons. The summed E-state index contributed by atoms with van der Waals surface area (Å²) in [6.45, 7) is 4.07. The number of aromatic nitrogens is 4. The summed E-state index contributed by atoms with van der Waals surface area (Å²) in [5.41, 5.74) is 3.19. The number of carbonyl (C=O) groups is 1. The Labute approximate surface area is 239 Å². The molecule has 2 aliphatic rings. The van der Waals surface area contributed by atoms with E-state index >= 15 is 0 Å². The quantitative estimate of drug-likeness (QED) is 0.261. The topological polar surface area (TPSA) is 136 Å². The van der Waals surface area contributed by atoms with E-state index in [0.717, 1.165) is 44.1 Å². The molecule has 2 aromatic carbocycles. The zero-order valence-electron chi connectivity index (χ0n) is 22.5. The smallest absolute Gasteiger partial charge is 0.264 e. The number of carbonyl (C=O) groups excluding carboxylic acids is 1. The first-order valence-corrected chi connectivity index (χ1v) is 15.4. The van der Waals surface area contributed by atoms with Crippen LogP contribution in [0.15, 0.2) is 72.9 Å². The van der Waals surface area contributed by atoms with E-state index in [1.807, 2.05) is 24.3 Å². The molecule has 1 amide bonds. The maximum absolute atomic E-state index is 12.5. The molecule has 2 fully saturated rings. The number of hydrogen-bond donors (Lipinski definition) is 3. The Morgan fingerprint density at radius 2 is 1.66 bits per heavy atom. The van der Waals surface area contributed by atoms with Crippen LogP contribution in [0, 0.1) is 0 Å². The van der Waals surface area contributed by atoms with Crippen molar-refractivity contribution in [3.63, 3.8) is 0 Å². The van der Waals surface area contributed by atoms with E-state index in [-0.39, 0.29) is 5.75 Å². The van der Waals surface area contributed by atoms with Gasteiger partial charge in [0.1, 0.15) is 5.82 Å². The van der Waals surface area contributed by atoms with Crippen LogP contribution in [-0.4, -0.2) is 65.6 Å². The molecule has 0 bridgehead atoms. The molecule has 1 saturated heterocycles. The van der Waals surface area contributed by atoms with E-state index in [0.29, 0.717) is 28.8 Å². The summed E-state index contributed by atoms with van der Waals surface area (Å²) in [5, 5.41) is 10.7. The van der Waals surface area contributed by atoms with Crippen LogP contribution in [0.1, 0.15) is 45.9 Å². The minimum atomic E-state index is -3.81. The van der Waals surface area contributed by atoms with Crippen molar-refractivity contribution in [3.8, 4) is 0 Å². The Hall–Kier alpha value is -4.29. The lowest BCUT2D eigenvalue weighted by atomic mass is 10.1. The highest BCUT2D eigenvalue weighted by Crippen LogP contribution is 2.39. The maximum Gasteiger partial charge on any atom is 0.264 e. The van der Waals surface area contributed by atoms with Gasteiger partial charge in [0.25, 0.3) is 5.91 Å². The Morgan fingerprint density at radius 1 is 0.927 bits per heavy atom.